The first-order valence-corrected chi connectivity index (χ1v) is 10.1. The monoisotopic (exact) mass is 216 g/mol. The smallest absolute Gasteiger partial charge is 0.0482 e. The van der Waals surface area contributed by atoms with Crippen LogP contribution in [0, 0.1) is 0 Å². The summed E-state index contributed by atoms with van der Waals surface area (Å²) in [5.41, 5.74) is 0. The van der Waals surface area contributed by atoms with E-state index < -0.39 is 18.9 Å². The predicted molar refractivity (Wildman–Crippen MR) is 63.1 cm³/mol. The summed E-state index contributed by atoms with van der Waals surface area (Å²) in [4.78, 5) is 1.22. The van der Waals surface area contributed by atoms with Gasteiger partial charge in [0.05, 0.1) is 0 Å². The molecule has 3 heteroatoms. The molecule has 1 unspecified atom stereocenters. The van der Waals surface area contributed by atoms with Gasteiger partial charge in [0.2, 0.25) is 0 Å². The summed E-state index contributed by atoms with van der Waals surface area (Å²) >= 11 is 0. The Morgan fingerprint density at radius 1 is 1.46 bits per heavy atom. The van der Waals surface area contributed by atoms with E-state index in [2.05, 4.69) is 25.7 Å². The fraction of sp³-hybridized carbons (Fsp3) is 0.800. The topological polar surface area (TPSA) is 17.1 Å². The van der Waals surface area contributed by atoms with Gasteiger partial charge in [-0.25, -0.2) is 0 Å². The van der Waals surface area contributed by atoms with Gasteiger partial charge in [-0.05, 0) is 25.3 Å². The molecule has 76 valence electrons. The molecule has 1 aliphatic carbocycles. The first kappa shape index (κ1) is 11.2. The Bertz CT molecular complexity index is 228. The molecule has 0 spiro atoms. The Balaban J connectivity index is 2.33. The van der Waals surface area contributed by atoms with Crippen molar-refractivity contribution in [3.05, 3.63) is 11.0 Å². The molecule has 0 radical (unpaired) electrons. The molecular weight excluding hydrogens is 196 g/mol. The van der Waals surface area contributed by atoms with Crippen LogP contribution < -0.4 is 0 Å². The van der Waals surface area contributed by atoms with Crippen LogP contribution in [0.5, 0.6) is 0 Å². The molecule has 0 bridgehead atoms. The van der Waals surface area contributed by atoms with Crippen molar-refractivity contribution in [1.29, 1.82) is 0 Å². The summed E-state index contributed by atoms with van der Waals surface area (Å²) in [7, 11) is -1.64. The molecule has 1 aliphatic rings. The third-order valence-electron chi connectivity index (χ3n) is 2.33. The largest absolute Gasteiger partial charge is 0.255 e. The van der Waals surface area contributed by atoms with Crippen LogP contribution in [-0.2, 0) is 10.8 Å². The fourth-order valence-corrected chi connectivity index (χ4v) is 5.51. The van der Waals surface area contributed by atoms with Gasteiger partial charge in [0.1, 0.15) is 0 Å². The van der Waals surface area contributed by atoms with Gasteiger partial charge in [-0.1, -0.05) is 25.7 Å². The average molecular weight is 216 g/mol. The zero-order chi connectivity index (χ0) is 9.90. The minimum absolute atomic E-state index is 0.646. The van der Waals surface area contributed by atoms with Gasteiger partial charge in [0.25, 0.3) is 0 Å². The summed E-state index contributed by atoms with van der Waals surface area (Å²) in [6.07, 6.45) is 5.63. The summed E-state index contributed by atoms with van der Waals surface area (Å²) in [6.45, 7) is 7.02. The Kier molecular flexibility index (Phi) is 3.92. The fourth-order valence-electron chi connectivity index (χ4n) is 1.38. The molecule has 0 aromatic rings. The average Bonchev–Trinajstić information content (AvgIpc) is 2.50. The highest BCUT2D eigenvalue weighted by Gasteiger charge is 2.17. The molecule has 0 aromatic carbocycles. The summed E-state index contributed by atoms with van der Waals surface area (Å²) in [5, 5.41) is 0. The van der Waals surface area contributed by atoms with Crippen LogP contribution in [0.3, 0.4) is 0 Å². The zero-order valence-electron chi connectivity index (χ0n) is 8.93. The van der Waals surface area contributed by atoms with Gasteiger partial charge in [-0.3, -0.25) is 4.21 Å². The van der Waals surface area contributed by atoms with E-state index in [-0.39, 0.29) is 0 Å². The highest BCUT2D eigenvalue weighted by molar-refractivity contribution is 7.89. The van der Waals surface area contributed by atoms with Gasteiger partial charge in [-0.15, -0.1) is 0 Å². The molecule has 1 nitrogen and oxygen atoms in total. The lowest BCUT2D eigenvalue weighted by molar-refractivity contribution is 0.686. The van der Waals surface area contributed by atoms with Crippen LogP contribution in [0.1, 0.15) is 19.3 Å². The highest BCUT2D eigenvalue weighted by atomic mass is 32.2. The Labute approximate surface area is 85.1 Å². The van der Waals surface area contributed by atoms with E-state index in [1.165, 1.54) is 17.4 Å². The van der Waals surface area contributed by atoms with Crippen LogP contribution >= 0.6 is 0 Å². The number of hydrogen-bond donors (Lipinski definition) is 0. The van der Waals surface area contributed by atoms with Crippen LogP contribution in [0.4, 0.5) is 0 Å². The molecule has 13 heavy (non-hydrogen) atoms. The van der Waals surface area contributed by atoms with Crippen molar-refractivity contribution in [2.75, 3.05) is 5.75 Å². The quantitative estimate of drug-likeness (QED) is 0.660. The number of allylic oxidation sites excluding steroid dienone is 2. The highest BCUT2D eigenvalue weighted by Crippen LogP contribution is 2.22. The van der Waals surface area contributed by atoms with Crippen molar-refractivity contribution in [2.24, 2.45) is 0 Å². The lowest BCUT2D eigenvalue weighted by Crippen LogP contribution is -2.22. The standard InChI is InChI=1S/C10H20OSSi/c1-13(2,3)9-8-12(11)10-6-4-5-7-10/h6H,4-5,7-9H2,1-3H3. The third-order valence-corrected chi connectivity index (χ3v) is 5.97. The molecule has 0 saturated carbocycles. The van der Waals surface area contributed by atoms with Gasteiger partial charge in [-0.2, -0.15) is 0 Å². The Morgan fingerprint density at radius 3 is 2.62 bits per heavy atom. The maximum absolute atomic E-state index is 11.8. The maximum atomic E-state index is 11.8. The van der Waals surface area contributed by atoms with Crippen molar-refractivity contribution in [2.45, 2.75) is 44.9 Å². The molecule has 1 atom stereocenters. The molecule has 0 saturated heterocycles. The summed E-state index contributed by atoms with van der Waals surface area (Å²) in [6, 6.07) is 1.19. The van der Waals surface area contributed by atoms with Crippen LogP contribution in [0.2, 0.25) is 25.7 Å². The van der Waals surface area contributed by atoms with Crippen LogP contribution in [-0.4, -0.2) is 18.0 Å². The molecular formula is C10H20OSSi. The molecule has 0 N–H and O–H groups in total. The predicted octanol–water partition coefficient (Wildman–Crippen LogP) is 3.14. The van der Waals surface area contributed by atoms with E-state index in [1.54, 1.807) is 0 Å². The SMILES string of the molecule is C[Si](C)(C)CCS(=O)C1=CCCC1. The van der Waals surface area contributed by atoms with Gasteiger partial charge in [0.15, 0.2) is 0 Å². The third kappa shape index (κ3) is 4.23. The van der Waals surface area contributed by atoms with E-state index in [0.29, 0.717) is 0 Å². The van der Waals surface area contributed by atoms with Crippen LogP contribution in [0.15, 0.2) is 11.0 Å². The normalized spacial score (nSPS) is 20.1. The molecule has 0 aromatic heterocycles. The molecule has 0 amide bonds. The lowest BCUT2D eigenvalue weighted by Gasteiger charge is -2.14. The lowest BCUT2D eigenvalue weighted by atomic mass is 10.4. The van der Waals surface area contributed by atoms with Crippen molar-refractivity contribution in [3.63, 3.8) is 0 Å². The van der Waals surface area contributed by atoms with E-state index in [1.807, 2.05) is 0 Å². The van der Waals surface area contributed by atoms with E-state index >= 15 is 0 Å². The second-order valence-corrected chi connectivity index (χ2v) is 12.2. The molecule has 1 rings (SSSR count). The van der Waals surface area contributed by atoms with E-state index in [9.17, 15) is 4.21 Å². The first-order valence-electron chi connectivity index (χ1n) is 5.06. The maximum Gasteiger partial charge on any atom is 0.0482 e. The van der Waals surface area contributed by atoms with Crippen molar-refractivity contribution in [3.8, 4) is 0 Å². The zero-order valence-corrected chi connectivity index (χ0v) is 10.7. The van der Waals surface area contributed by atoms with Crippen LogP contribution in [0.25, 0.3) is 0 Å². The van der Waals surface area contributed by atoms with E-state index in [4.69, 9.17) is 0 Å². The summed E-state index contributed by atoms with van der Waals surface area (Å²) < 4.78 is 11.8. The second-order valence-electron chi connectivity index (χ2n) is 4.92. The minimum atomic E-state index is -0.991. The van der Waals surface area contributed by atoms with Crippen molar-refractivity contribution >= 4 is 18.9 Å². The minimum Gasteiger partial charge on any atom is -0.255 e. The van der Waals surface area contributed by atoms with Crippen molar-refractivity contribution < 1.29 is 4.21 Å². The van der Waals surface area contributed by atoms with Gasteiger partial charge in [0, 0.05) is 29.5 Å². The Morgan fingerprint density at radius 2 is 2.15 bits per heavy atom. The second kappa shape index (κ2) is 4.56. The molecule has 0 heterocycles. The molecule has 0 fully saturated rings. The molecule has 0 aliphatic heterocycles. The number of rotatable bonds is 4. The first-order chi connectivity index (χ1) is 5.99. The summed E-state index contributed by atoms with van der Waals surface area (Å²) in [5.74, 6) is 0.904. The Hall–Kier alpha value is 0.107. The van der Waals surface area contributed by atoms with Gasteiger partial charge >= 0.3 is 0 Å². The van der Waals surface area contributed by atoms with E-state index in [0.717, 1.165) is 18.6 Å². The number of hydrogen-bond acceptors (Lipinski definition) is 1. The van der Waals surface area contributed by atoms with Gasteiger partial charge < -0.3 is 0 Å². The van der Waals surface area contributed by atoms with Crippen molar-refractivity contribution in [1.82, 2.24) is 0 Å².